The van der Waals surface area contributed by atoms with Crippen molar-refractivity contribution in [2.75, 3.05) is 17.7 Å². The topological polar surface area (TPSA) is 64.3 Å². The van der Waals surface area contributed by atoms with Crippen molar-refractivity contribution in [1.29, 1.82) is 0 Å². The molecule has 0 saturated heterocycles. The molecule has 2 aromatic carbocycles. The molecule has 0 bridgehead atoms. The zero-order valence-electron chi connectivity index (χ0n) is 12.1. The van der Waals surface area contributed by atoms with E-state index in [1.165, 1.54) is 0 Å². The van der Waals surface area contributed by atoms with Gasteiger partial charge in [-0.1, -0.05) is 31.2 Å². The van der Waals surface area contributed by atoms with Crippen LogP contribution in [-0.2, 0) is 11.2 Å². The highest BCUT2D eigenvalue weighted by Crippen LogP contribution is 2.16. The minimum absolute atomic E-state index is 0.0557. The molecule has 4 heteroatoms. The summed E-state index contributed by atoms with van der Waals surface area (Å²) in [5.74, 6) is 0.622. The second kappa shape index (κ2) is 7.33. The van der Waals surface area contributed by atoms with Crippen molar-refractivity contribution in [2.45, 2.75) is 19.8 Å². The van der Waals surface area contributed by atoms with E-state index >= 15 is 0 Å². The summed E-state index contributed by atoms with van der Waals surface area (Å²) < 4.78 is 5.51. The van der Waals surface area contributed by atoms with Crippen molar-refractivity contribution < 1.29 is 9.53 Å². The van der Waals surface area contributed by atoms with Gasteiger partial charge in [0.15, 0.2) is 0 Å². The molecular weight excluding hydrogens is 264 g/mol. The number of benzene rings is 2. The summed E-state index contributed by atoms with van der Waals surface area (Å²) in [5, 5.41) is 2.92. The number of ether oxygens (including phenoxy) is 1. The number of nitrogen functional groups attached to an aromatic ring is 1. The van der Waals surface area contributed by atoms with Gasteiger partial charge >= 0.3 is 0 Å². The number of anilines is 2. The van der Waals surface area contributed by atoms with E-state index in [1.54, 1.807) is 12.1 Å². The van der Waals surface area contributed by atoms with E-state index in [4.69, 9.17) is 10.5 Å². The van der Waals surface area contributed by atoms with Gasteiger partial charge in [-0.15, -0.1) is 0 Å². The average molecular weight is 284 g/mol. The first-order chi connectivity index (χ1) is 10.2. The first-order valence-electron chi connectivity index (χ1n) is 7.05. The zero-order valence-corrected chi connectivity index (χ0v) is 12.1. The average Bonchev–Trinajstić information content (AvgIpc) is 2.48. The van der Waals surface area contributed by atoms with Crippen LogP contribution in [-0.4, -0.2) is 12.5 Å². The number of hydrogen-bond donors (Lipinski definition) is 2. The summed E-state index contributed by atoms with van der Waals surface area (Å²) >= 11 is 0. The van der Waals surface area contributed by atoms with Gasteiger partial charge in [0.05, 0.1) is 13.0 Å². The Bertz CT molecular complexity index is 611. The van der Waals surface area contributed by atoms with Crippen molar-refractivity contribution >= 4 is 17.3 Å². The predicted octanol–water partition coefficient (Wildman–Crippen LogP) is 3.24. The van der Waals surface area contributed by atoms with Crippen molar-refractivity contribution in [3.05, 3.63) is 54.1 Å². The molecule has 0 aliphatic rings. The highest BCUT2D eigenvalue weighted by molar-refractivity contribution is 5.91. The van der Waals surface area contributed by atoms with Gasteiger partial charge in [0.25, 0.3) is 0 Å². The Balaban J connectivity index is 1.82. The quantitative estimate of drug-likeness (QED) is 0.800. The smallest absolute Gasteiger partial charge is 0.227 e. The predicted molar refractivity (Wildman–Crippen MR) is 85.4 cm³/mol. The van der Waals surface area contributed by atoms with Crippen molar-refractivity contribution in [1.82, 2.24) is 0 Å². The Morgan fingerprint density at radius 1 is 1.19 bits per heavy atom. The molecule has 1 amide bonds. The van der Waals surface area contributed by atoms with E-state index in [1.807, 2.05) is 36.4 Å². The van der Waals surface area contributed by atoms with Crippen molar-refractivity contribution in [3.8, 4) is 5.75 Å². The van der Waals surface area contributed by atoms with Crippen LogP contribution >= 0.6 is 0 Å². The fraction of sp³-hybridized carbons (Fsp3) is 0.235. The molecule has 110 valence electrons. The summed E-state index contributed by atoms with van der Waals surface area (Å²) in [6, 6.07) is 15.0. The summed E-state index contributed by atoms with van der Waals surface area (Å²) in [4.78, 5) is 11.9. The van der Waals surface area contributed by atoms with E-state index in [0.717, 1.165) is 17.7 Å². The van der Waals surface area contributed by atoms with Gasteiger partial charge in [0.1, 0.15) is 5.75 Å². The van der Waals surface area contributed by atoms with E-state index in [0.29, 0.717) is 24.5 Å². The molecule has 2 aromatic rings. The molecule has 0 aliphatic carbocycles. The fourth-order valence-electron chi connectivity index (χ4n) is 2.03. The van der Waals surface area contributed by atoms with E-state index < -0.39 is 0 Å². The van der Waals surface area contributed by atoms with Crippen LogP contribution in [0.1, 0.15) is 18.9 Å². The van der Waals surface area contributed by atoms with Crippen molar-refractivity contribution in [2.24, 2.45) is 0 Å². The van der Waals surface area contributed by atoms with Crippen LogP contribution in [0, 0.1) is 0 Å². The van der Waals surface area contributed by atoms with Gasteiger partial charge in [0, 0.05) is 17.4 Å². The molecule has 3 N–H and O–H groups in total. The van der Waals surface area contributed by atoms with Gasteiger partial charge in [-0.05, 0) is 30.2 Å². The fourth-order valence-corrected chi connectivity index (χ4v) is 2.03. The van der Waals surface area contributed by atoms with Gasteiger partial charge in [-0.3, -0.25) is 4.79 Å². The number of nitrogens with one attached hydrogen (secondary N) is 1. The molecule has 0 heterocycles. The highest BCUT2D eigenvalue weighted by atomic mass is 16.5. The Morgan fingerprint density at radius 2 is 2.00 bits per heavy atom. The standard InChI is InChI=1S/C17H20N2O2/c1-2-13-6-3-4-9-16(13)19-17(20)10-11-21-15-8-5-7-14(18)12-15/h3-9,12H,2,10-11,18H2,1H3,(H,19,20). The number of carbonyl (C=O) groups is 1. The van der Waals surface area contributed by atoms with E-state index in [-0.39, 0.29) is 5.91 Å². The largest absolute Gasteiger partial charge is 0.493 e. The lowest BCUT2D eigenvalue weighted by Gasteiger charge is -2.10. The zero-order chi connectivity index (χ0) is 15.1. The summed E-state index contributed by atoms with van der Waals surface area (Å²) in [6.07, 6.45) is 1.18. The van der Waals surface area contributed by atoms with Gasteiger partial charge < -0.3 is 15.8 Å². The lowest BCUT2D eigenvalue weighted by molar-refractivity contribution is -0.116. The molecule has 21 heavy (non-hydrogen) atoms. The van der Waals surface area contributed by atoms with Crippen LogP contribution in [0.3, 0.4) is 0 Å². The minimum atomic E-state index is -0.0557. The molecule has 0 aromatic heterocycles. The van der Waals surface area contributed by atoms with Crippen LogP contribution < -0.4 is 15.8 Å². The second-order valence-corrected chi connectivity index (χ2v) is 4.73. The third kappa shape index (κ3) is 4.53. The van der Waals surface area contributed by atoms with Crippen LogP contribution in [0.4, 0.5) is 11.4 Å². The molecule has 0 spiro atoms. The van der Waals surface area contributed by atoms with E-state index in [2.05, 4.69) is 12.2 Å². The molecule has 0 saturated carbocycles. The summed E-state index contributed by atoms with van der Waals surface area (Å²) in [7, 11) is 0. The van der Waals surface area contributed by atoms with Crippen LogP contribution in [0.15, 0.2) is 48.5 Å². The third-order valence-electron chi connectivity index (χ3n) is 3.13. The maximum atomic E-state index is 11.9. The van der Waals surface area contributed by atoms with Crippen LogP contribution in [0.5, 0.6) is 5.75 Å². The summed E-state index contributed by atoms with van der Waals surface area (Å²) in [5.41, 5.74) is 8.31. The number of amides is 1. The molecule has 0 unspecified atom stereocenters. The molecule has 0 atom stereocenters. The van der Waals surface area contributed by atoms with Crippen molar-refractivity contribution in [3.63, 3.8) is 0 Å². The normalized spacial score (nSPS) is 10.1. The number of hydrogen-bond acceptors (Lipinski definition) is 3. The molecule has 0 fully saturated rings. The number of nitrogens with two attached hydrogens (primary N) is 1. The van der Waals surface area contributed by atoms with Crippen LogP contribution in [0.2, 0.25) is 0 Å². The lowest BCUT2D eigenvalue weighted by atomic mass is 10.1. The molecule has 2 rings (SSSR count). The van der Waals surface area contributed by atoms with E-state index in [9.17, 15) is 4.79 Å². The summed E-state index contributed by atoms with van der Waals surface area (Å²) in [6.45, 7) is 2.39. The Labute approximate surface area is 124 Å². The monoisotopic (exact) mass is 284 g/mol. The van der Waals surface area contributed by atoms with Gasteiger partial charge in [-0.25, -0.2) is 0 Å². The number of rotatable bonds is 6. The number of carbonyl (C=O) groups excluding carboxylic acids is 1. The van der Waals surface area contributed by atoms with Gasteiger partial charge in [-0.2, -0.15) is 0 Å². The SMILES string of the molecule is CCc1ccccc1NC(=O)CCOc1cccc(N)c1. The molecule has 0 radical (unpaired) electrons. The molecule has 0 aliphatic heterocycles. The van der Waals surface area contributed by atoms with Crippen LogP contribution in [0.25, 0.3) is 0 Å². The number of para-hydroxylation sites is 1. The lowest BCUT2D eigenvalue weighted by Crippen LogP contribution is -2.16. The first-order valence-corrected chi connectivity index (χ1v) is 7.05. The Kier molecular flexibility index (Phi) is 5.21. The maximum absolute atomic E-state index is 11.9. The Morgan fingerprint density at radius 3 is 2.76 bits per heavy atom. The van der Waals surface area contributed by atoms with Gasteiger partial charge in [0.2, 0.25) is 5.91 Å². The maximum Gasteiger partial charge on any atom is 0.227 e. The molecule has 4 nitrogen and oxygen atoms in total. The second-order valence-electron chi connectivity index (χ2n) is 4.73. The Hall–Kier alpha value is -2.49. The minimum Gasteiger partial charge on any atom is -0.493 e. The third-order valence-corrected chi connectivity index (χ3v) is 3.13. The highest BCUT2D eigenvalue weighted by Gasteiger charge is 2.06. The number of aryl methyl sites for hydroxylation is 1. The first kappa shape index (κ1) is 14.9. The molecular formula is C17H20N2O2.